The van der Waals surface area contributed by atoms with Crippen molar-refractivity contribution in [3.8, 4) is 0 Å². The van der Waals surface area contributed by atoms with Crippen molar-refractivity contribution in [1.29, 1.82) is 0 Å². The van der Waals surface area contributed by atoms with Crippen molar-refractivity contribution in [3.63, 3.8) is 0 Å². The summed E-state index contributed by atoms with van der Waals surface area (Å²) in [6.45, 7) is 6.62. The van der Waals surface area contributed by atoms with Gasteiger partial charge < -0.3 is 15.1 Å². The zero-order valence-electron chi connectivity index (χ0n) is 12.8. The van der Waals surface area contributed by atoms with Gasteiger partial charge in [0.1, 0.15) is 6.54 Å². The van der Waals surface area contributed by atoms with E-state index in [4.69, 9.17) is 0 Å². The molecular weight excluding hydrogens is 262 g/mol. The Bertz CT molecular complexity index is 459. The molecule has 2 saturated heterocycles. The van der Waals surface area contributed by atoms with Gasteiger partial charge in [-0.2, -0.15) is 0 Å². The molecule has 21 heavy (non-hydrogen) atoms. The summed E-state index contributed by atoms with van der Waals surface area (Å²) in [6, 6.07) is 8.40. The first-order chi connectivity index (χ1) is 10.3. The van der Waals surface area contributed by atoms with Gasteiger partial charge in [-0.3, -0.25) is 4.79 Å². The van der Waals surface area contributed by atoms with E-state index in [1.165, 1.54) is 49.2 Å². The molecule has 0 unspecified atom stereocenters. The van der Waals surface area contributed by atoms with Crippen LogP contribution >= 0.6 is 0 Å². The van der Waals surface area contributed by atoms with Crippen molar-refractivity contribution in [1.82, 2.24) is 0 Å². The van der Waals surface area contributed by atoms with Crippen LogP contribution in [0.4, 0.5) is 5.69 Å². The average molecular weight is 289 g/mol. The highest BCUT2D eigenvalue weighted by molar-refractivity contribution is 5.91. The lowest BCUT2D eigenvalue weighted by molar-refractivity contribution is -0.901. The molecule has 1 aromatic rings. The molecular formula is C17H27N3O+2. The summed E-state index contributed by atoms with van der Waals surface area (Å²) in [4.78, 5) is 15.1. The quantitative estimate of drug-likeness (QED) is 0.671. The number of benzene rings is 1. The molecule has 3 rings (SSSR count). The van der Waals surface area contributed by atoms with Gasteiger partial charge in [0.05, 0.1) is 26.2 Å². The average Bonchev–Trinajstić information content (AvgIpc) is 3.14. The standard InChI is InChI=1S/C17H25N3O/c21-17(14-20-11-3-4-12-20)18-16-7-5-15(6-8-16)13-19-9-1-2-10-19/h5-8H,1-4,9-14H2,(H,18,21)/p+2. The molecule has 2 heterocycles. The number of anilines is 1. The number of hydrogen-bond donors (Lipinski definition) is 3. The molecule has 3 N–H and O–H groups in total. The van der Waals surface area contributed by atoms with Gasteiger partial charge in [-0.05, 0) is 12.1 Å². The zero-order chi connectivity index (χ0) is 14.5. The van der Waals surface area contributed by atoms with Crippen LogP contribution in [0.5, 0.6) is 0 Å². The van der Waals surface area contributed by atoms with Crippen LogP contribution < -0.4 is 15.1 Å². The largest absolute Gasteiger partial charge is 0.331 e. The minimum atomic E-state index is 0.143. The number of likely N-dealkylation sites (tertiary alicyclic amines) is 2. The molecule has 0 aromatic heterocycles. The van der Waals surface area contributed by atoms with Crippen molar-refractivity contribution in [2.24, 2.45) is 0 Å². The van der Waals surface area contributed by atoms with E-state index in [9.17, 15) is 4.79 Å². The van der Waals surface area contributed by atoms with Gasteiger partial charge in [0.25, 0.3) is 5.91 Å². The first-order valence-corrected chi connectivity index (χ1v) is 8.35. The Morgan fingerprint density at radius 1 is 0.905 bits per heavy atom. The maximum absolute atomic E-state index is 12.0. The zero-order valence-corrected chi connectivity index (χ0v) is 12.8. The Labute approximate surface area is 127 Å². The van der Waals surface area contributed by atoms with Crippen LogP contribution in [0.3, 0.4) is 0 Å². The topological polar surface area (TPSA) is 38.0 Å². The fourth-order valence-electron chi connectivity index (χ4n) is 3.53. The van der Waals surface area contributed by atoms with Crippen LogP contribution in [0.2, 0.25) is 0 Å². The SMILES string of the molecule is O=C(C[NH+]1CCCC1)Nc1ccc(C[NH+]2CCCC2)cc1. The molecule has 0 aliphatic carbocycles. The molecule has 114 valence electrons. The number of quaternary nitrogens is 2. The Kier molecular flexibility index (Phi) is 4.88. The van der Waals surface area contributed by atoms with E-state index in [0.29, 0.717) is 6.54 Å². The van der Waals surface area contributed by atoms with Crippen LogP contribution in [-0.2, 0) is 11.3 Å². The Morgan fingerprint density at radius 3 is 2.10 bits per heavy atom. The molecule has 2 fully saturated rings. The van der Waals surface area contributed by atoms with Crippen molar-refractivity contribution in [3.05, 3.63) is 29.8 Å². The molecule has 2 aliphatic heterocycles. The summed E-state index contributed by atoms with van der Waals surface area (Å²) in [5.41, 5.74) is 2.30. The fourth-order valence-corrected chi connectivity index (χ4v) is 3.53. The highest BCUT2D eigenvalue weighted by Crippen LogP contribution is 2.09. The lowest BCUT2D eigenvalue weighted by atomic mass is 10.2. The van der Waals surface area contributed by atoms with Gasteiger partial charge in [-0.15, -0.1) is 0 Å². The van der Waals surface area contributed by atoms with Crippen LogP contribution in [0, 0.1) is 0 Å². The van der Waals surface area contributed by atoms with Gasteiger partial charge in [-0.1, -0.05) is 12.1 Å². The summed E-state index contributed by atoms with van der Waals surface area (Å²) in [6.07, 6.45) is 5.25. The van der Waals surface area contributed by atoms with Crippen LogP contribution in [0.25, 0.3) is 0 Å². The number of nitrogens with one attached hydrogen (secondary N) is 3. The van der Waals surface area contributed by atoms with E-state index in [1.807, 2.05) is 12.1 Å². The van der Waals surface area contributed by atoms with E-state index in [-0.39, 0.29) is 5.91 Å². The number of rotatable bonds is 5. The molecule has 0 saturated carbocycles. The third-order valence-electron chi connectivity index (χ3n) is 4.72. The fraction of sp³-hybridized carbons (Fsp3) is 0.588. The molecule has 0 spiro atoms. The van der Waals surface area contributed by atoms with Crippen molar-refractivity contribution < 1.29 is 14.6 Å². The molecule has 2 aliphatic rings. The molecule has 1 aromatic carbocycles. The second-order valence-corrected chi connectivity index (χ2v) is 6.51. The Balaban J connectivity index is 1.47. The van der Waals surface area contributed by atoms with Crippen molar-refractivity contribution in [2.45, 2.75) is 32.2 Å². The minimum Gasteiger partial charge on any atom is -0.331 e. The molecule has 4 heteroatoms. The molecule has 0 radical (unpaired) electrons. The highest BCUT2D eigenvalue weighted by atomic mass is 16.2. The van der Waals surface area contributed by atoms with Gasteiger partial charge >= 0.3 is 0 Å². The van der Waals surface area contributed by atoms with Crippen LogP contribution in [0.15, 0.2) is 24.3 Å². The van der Waals surface area contributed by atoms with E-state index >= 15 is 0 Å². The monoisotopic (exact) mass is 289 g/mol. The summed E-state index contributed by atoms with van der Waals surface area (Å²) in [5.74, 6) is 0.143. The third-order valence-corrected chi connectivity index (χ3v) is 4.72. The minimum absolute atomic E-state index is 0.143. The number of hydrogen-bond acceptors (Lipinski definition) is 1. The molecule has 0 bridgehead atoms. The summed E-state index contributed by atoms with van der Waals surface area (Å²) in [5, 5.41) is 3.02. The van der Waals surface area contributed by atoms with Crippen molar-refractivity contribution >= 4 is 11.6 Å². The predicted octanol–water partition coefficient (Wildman–Crippen LogP) is -0.517. The van der Waals surface area contributed by atoms with E-state index in [0.717, 1.165) is 25.3 Å². The van der Waals surface area contributed by atoms with Crippen LogP contribution in [-0.4, -0.2) is 38.6 Å². The second-order valence-electron chi connectivity index (χ2n) is 6.51. The van der Waals surface area contributed by atoms with Gasteiger partial charge in [-0.25, -0.2) is 0 Å². The second kappa shape index (κ2) is 7.05. The Morgan fingerprint density at radius 2 is 1.48 bits per heavy atom. The number of carbonyl (C=O) groups excluding carboxylic acids is 1. The summed E-state index contributed by atoms with van der Waals surface area (Å²) in [7, 11) is 0. The van der Waals surface area contributed by atoms with E-state index in [2.05, 4.69) is 17.4 Å². The van der Waals surface area contributed by atoms with Crippen molar-refractivity contribution in [2.75, 3.05) is 38.0 Å². The smallest absolute Gasteiger partial charge is 0.279 e. The highest BCUT2D eigenvalue weighted by Gasteiger charge is 2.19. The lowest BCUT2D eigenvalue weighted by Gasteiger charge is -2.13. The molecule has 0 atom stereocenters. The Hall–Kier alpha value is -1.39. The third kappa shape index (κ3) is 4.29. The number of amides is 1. The van der Waals surface area contributed by atoms with E-state index < -0.39 is 0 Å². The van der Waals surface area contributed by atoms with Crippen LogP contribution in [0.1, 0.15) is 31.2 Å². The number of carbonyl (C=O) groups is 1. The van der Waals surface area contributed by atoms with Gasteiger partial charge in [0, 0.05) is 36.9 Å². The summed E-state index contributed by atoms with van der Waals surface area (Å²) >= 11 is 0. The predicted molar refractivity (Wildman–Crippen MR) is 83.5 cm³/mol. The molecule has 1 amide bonds. The van der Waals surface area contributed by atoms with Gasteiger partial charge in [0.15, 0.2) is 6.54 Å². The molecule has 4 nitrogen and oxygen atoms in total. The first kappa shape index (κ1) is 14.5. The van der Waals surface area contributed by atoms with Gasteiger partial charge in [0.2, 0.25) is 0 Å². The maximum Gasteiger partial charge on any atom is 0.279 e. The normalized spacial score (nSPS) is 20.0. The lowest BCUT2D eigenvalue weighted by Crippen LogP contribution is -3.11. The maximum atomic E-state index is 12.0. The first-order valence-electron chi connectivity index (χ1n) is 8.35. The summed E-state index contributed by atoms with van der Waals surface area (Å²) < 4.78 is 0. The van der Waals surface area contributed by atoms with E-state index in [1.54, 1.807) is 4.90 Å².